The summed E-state index contributed by atoms with van der Waals surface area (Å²) in [5.74, 6) is -0.127. The average Bonchev–Trinajstić information content (AvgIpc) is 3.24. The van der Waals surface area contributed by atoms with Crippen molar-refractivity contribution < 1.29 is 18.3 Å². The SMILES string of the molecule is CCc1cccc(C)c1NC(=S)N=Nc1c(O)n(Cc2ccc(C)cc2)c2ccc(S(=O)(=O)N3CCOCC3)cc12. The van der Waals surface area contributed by atoms with Gasteiger partial charge in [0.1, 0.15) is 0 Å². The average molecular weight is 592 g/mol. The third-order valence-corrected chi connectivity index (χ3v) is 9.34. The second-order valence-electron chi connectivity index (χ2n) is 10.0. The molecule has 1 aromatic heterocycles. The monoisotopic (exact) mass is 591 g/mol. The molecule has 1 saturated heterocycles. The van der Waals surface area contributed by atoms with Gasteiger partial charge in [-0.3, -0.25) is 0 Å². The number of fused-ring (bicyclic) bond motifs is 1. The number of aryl methyl sites for hydroxylation is 3. The second kappa shape index (κ2) is 12.1. The van der Waals surface area contributed by atoms with Crippen LogP contribution in [0.4, 0.5) is 11.4 Å². The molecule has 9 nitrogen and oxygen atoms in total. The van der Waals surface area contributed by atoms with E-state index in [9.17, 15) is 13.5 Å². The maximum Gasteiger partial charge on any atom is 0.243 e. The van der Waals surface area contributed by atoms with Crippen LogP contribution in [0.3, 0.4) is 0 Å². The number of azo groups is 1. The number of benzene rings is 3. The van der Waals surface area contributed by atoms with Crippen molar-refractivity contribution in [3.63, 3.8) is 0 Å². The number of sulfonamides is 1. The maximum absolute atomic E-state index is 13.4. The zero-order valence-electron chi connectivity index (χ0n) is 23.3. The molecule has 0 radical (unpaired) electrons. The number of hydrogen-bond acceptors (Lipinski definition) is 6. The molecule has 0 aliphatic carbocycles. The predicted molar refractivity (Wildman–Crippen MR) is 165 cm³/mol. The molecule has 0 unspecified atom stereocenters. The first-order valence-corrected chi connectivity index (χ1v) is 15.3. The number of rotatable bonds is 7. The summed E-state index contributed by atoms with van der Waals surface area (Å²) in [7, 11) is -3.77. The minimum atomic E-state index is -3.77. The van der Waals surface area contributed by atoms with Gasteiger partial charge in [-0.05, 0) is 67.4 Å². The van der Waals surface area contributed by atoms with Gasteiger partial charge >= 0.3 is 0 Å². The Morgan fingerprint density at radius 3 is 2.51 bits per heavy atom. The molecule has 4 aromatic rings. The Morgan fingerprint density at radius 1 is 1.07 bits per heavy atom. The van der Waals surface area contributed by atoms with E-state index in [-0.39, 0.29) is 34.7 Å². The molecule has 11 heteroatoms. The highest BCUT2D eigenvalue weighted by Gasteiger charge is 2.28. The molecule has 0 spiro atoms. The molecule has 41 heavy (non-hydrogen) atoms. The van der Waals surface area contributed by atoms with E-state index < -0.39 is 10.0 Å². The molecule has 214 valence electrons. The van der Waals surface area contributed by atoms with Gasteiger partial charge in [0.2, 0.25) is 21.0 Å². The maximum atomic E-state index is 13.4. The summed E-state index contributed by atoms with van der Waals surface area (Å²) in [6, 6.07) is 18.8. The number of aromatic nitrogens is 1. The van der Waals surface area contributed by atoms with Crippen LogP contribution in [-0.4, -0.2) is 53.8 Å². The Bertz CT molecular complexity index is 1720. The van der Waals surface area contributed by atoms with E-state index in [2.05, 4.69) is 22.5 Å². The molecule has 1 fully saturated rings. The molecule has 0 atom stereocenters. The molecule has 2 N–H and O–H groups in total. The summed E-state index contributed by atoms with van der Waals surface area (Å²) in [5, 5.41) is 23.7. The van der Waals surface area contributed by atoms with Gasteiger partial charge in [0.05, 0.1) is 30.2 Å². The lowest BCUT2D eigenvalue weighted by Gasteiger charge is -2.26. The number of aromatic hydroxyl groups is 1. The van der Waals surface area contributed by atoms with Gasteiger partial charge in [-0.1, -0.05) is 55.0 Å². The zero-order valence-corrected chi connectivity index (χ0v) is 24.9. The minimum absolute atomic E-state index is 0.115. The number of nitrogens with zero attached hydrogens (tertiary/aromatic N) is 4. The number of morpholine rings is 1. The van der Waals surface area contributed by atoms with Gasteiger partial charge in [0.25, 0.3) is 0 Å². The molecular weight excluding hydrogens is 558 g/mol. The lowest BCUT2D eigenvalue weighted by Crippen LogP contribution is -2.40. The fourth-order valence-corrected chi connectivity index (χ4v) is 6.54. The number of para-hydroxylation sites is 1. The standard InChI is InChI=1S/C30H33N5O4S2/c1-4-23-7-5-6-21(3)27(23)31-30(40)33-32-28-25-18-24(41(37,38)34-14-16-39-17-15-34)12-13-26(25)35(29(28)36)19-22-10-8-20(2)9-11-22/h5-13,18,36H,4,14-17,19H2,1-3H3,(H,31,40). The van der Waals surface area contributed by atoms with E-state index in [4.69, 9.17) is 17.0 Å². The minimum Gasteiger partial charge on any atom is -0.493 e. The summed E-state index contributed by atoms with van der Waals surface area (Å²) < 4.78 is 35.3. The fourth-order valence-electron chi connectivity index (χ4n) is 4.96. The normalized spacial score (nSPS) is 14.6. The van der Waals surface area contributed by atoms with Crippen LogP contribution in [0.5, 0.6) is 5.88 Å². The van der Waals surface area contributed by atoms with Crippen LogP contribution in [0.25, 0.3) is 10.9 Å². The molecule has 0 bridgehead atoms. The lowest BCUT2D eigenvalue weighted by atomic mass is 10.1. The Hall–Kier alpha value is -3.64. The van der Waals surface area contributed by atoms with Crippen molar-refractivity contribution in [1.82, 2.24) is 8.87 Å². The summed E-state index contributed by atoms with van der Waals surface area (Å²) >= 11 is 5.49. The predicted octanol–water partition coefficient (Wildman–Crippen LogP) is 6.08. The molecule has 1 aliphatic rings. The van der Waals surface area contributed by atoms with E-state index in [1.165, 1.54) is 4.31 Å². The first kappa shape index (κ1) is 28.9. The van der Waals surface area contributed by atoms with Crippen molar-refractivity contribution in [2.24, 2.45) is 10.2 Å². The van der Waals surface area contributed by atoms with Crippen molar-refractivity contribution in [2.75, 3.05) is 31.6 Å². The van der Waals surface area contributed by atoms with Crippen molar-refractivity contribution in [3.05, 3.63) is 82.9 Å². The third-order valence-electron chi connectivity index (χ3n) is 7.26. The van der Waals surface area contributed by atoms with E-state index >= 15 is 0 Å². The highest BCUT2D eigenvalue weighted by molar-refractivity contribution is 7.89. The summed E-state index contributed by atoms with van der Waals surface area (Å²) in [6.07, 6.45) is 0.817. The molecule has 0 amide bonds. The van der Waals surface area contributed by atoms with Gasteiger partial charge in [-0.2, -0.15) is 4.31 Å². The Kier molecular flexibility index (Phi) is 8.50. The largest absolute Gasteiger partial charge is 0.493 e. The van der Waals surface area contributed by atoms with Crippen LogP contribution in [0.2, 0.25) is 0 Å². The first-order valence-electron chi connectivity index (χ1n) is 13.5. The Morgan fingerprint density at radius 2 is 1.80 bits per heavy atom. The van der Waals surface area contributed by atoms with Gasteiger partial charge in [-0.25, -0.2) is 8.42 Å². The number of ether oxygens (including phenoxy) is 1. The fraction of sp³-hybridized carbons (Fsp3) is 0.300. The lowest BCUT2D eigenvalue weighted by molar-refractivity contribution is 0.0730. The summed E-state index contributed by atoms with van der Waals surface area (Å²) in [4.78, 5) is 0.115. The number of thiocarbonyl (C=S) groups is 1. The van der Waals surface area contributed by atoms with Crippen LogP contribution in [0.15, 0.2) is 75.8 Å². The quantitative estimate of drug-likeness (QED) is 0.199. The summed E-state index contributed by atoms with van der Waals surface area (Å²) in [5.41, 5.74) is 5.88. The molecule has 1 aliphatic heterocycles. The Labute approximate surface area is 245 Å². The molecule has 0 saturated carbocycles. The van der Waals surface area contributed by atoms with E-state index in [0.717, 1.165) is 34.4 Å². The highest BCUT2D eigenvalue weighted by atomic mass is 32.2. The van der Waals surface area contributed by atoms with E-state index in [1.54, 1.807) is 22.8 Å². The molecular formula is C30H33N5O4S2. The number of hydrogen-bond donors (Lipinski definition) is 2. The number of nitrogens with one attached hydrogen (secondary N) is 1. The van der Waals surface area contributed by atoms with E-state index in [0.29, 0.717) is 30.7 Å². The van der Waals surface area contributed by atoms with Crippen molar-refractivity contribution >= 4 is 49.6 Å². The molecule has 3 aromatic carbocycles. The molecule has 5 rings (SSSR count). The van der Waals surface area contributed by atoms with Gasteiger partial charge < -0.3 is 19.7 Å². The van der Waals surface area contributed by atoms with Crippen LogP contribution >= 0.6 is 12.2 Å². The van der Waals surface area contributed by atoms with Gasteiger partial charge in [0.15, 0.2) is 5.69 Å². The van der Waals surface area contributed by atoms with Crippen LogP contribution in [0.1, 0.15) is 29.2 Å². The van der Waals surface area contributed by atoms with E-state index in [1.807, 2.05) is 56.3 Å². The van der Waals surface area contributed by atoms with Crippen molar-refractivity contribution in [1.29, 1.82) is 0 Å². The van der Waals surface area contributed by atoms with Crippen LogP contribution in [0, 0.1) is 13.8 Å². The highest BCUT2D eigenvalue weighted by Crippen LogP contribution is 2.41. The van der Waals surface area contributed by atoms with Crippen molar-refractivity contribution in [3.8, 4) is 5.88 Å². The van der Waals surface area contributed by atoms with Crippen molar-refractivity contribution in [2.45, 2.75) is 38.6 Å². The first-order chi connectivity index (χ1) is 19.7. The van der Waals surface area contributed by atoms with Crippen LogP contribution in [-0.2, 0) is 27.7 Å². The summed E-state index contributed by atoms with van der Waals surface area (Å²) in [6.45, 7) is 7.68. The second-order valence-corrected chi connectivity index (χ2v) is 12.4. The topological polar surface area (TPSA) is 109 Å². The third kappa shape index (κ3) is 6.03. The Balaban J connectivity index is 1.55. The zero-order chi connectivity index (χ0) is 29.1. The smallest absolute Gasteiger partial charge is 0.243 e. The number of anilines is 1. The molecule has 2 heterocycles. The van der Waals surface area contributed by atoms with Gasteiger partial charge in [0, 0.05) is 24.2 Å². The van der Waals surface area contributed by atoms with Gasteiger partial charge in [-0.15, -0.1) is 10.2 Å². The van der Waals surface area contributed by atoms with Crippen LogP contribution < -0.4 is 5.32 Å².